The highest BCUT2D eigenvalue weighted by Gasteiger charge is 2.31. The third kappa shape index (κ3) is 4.77. The molecule has 3 aromatic carbocycles. The Balaban J connectivity index is 1.96. The number of carbonyl (C=O) groups excluding carboxylic acids is 1. The summed E-state index contributed by atoms with van der Waals surface area (Å²) in [6.45, 7) is 0. The minimum absolute atomic E-state index is 0.0224. The number of anilines is 1. The van der Waals surface area contributed by atoms with Crippen LogP contribution in [-0.4, -0.2) is 5.91 Å². The van der Waals surface area contributed by atoms with Crippen molar-refractivity contribution in [1.82, 2.24) is 0 Å². The van der Waals surface area contributed by atoms with Gasteiger partial charge in [0, 0.05) is 16.7 Å². The molecule has 0 spiro atoms. The summed E-state index contributed by atoms with van der Waals surface area (Å²) in [6.07, 6.45) is -4.54. The molecular weight excluding hydrogens is 370 g/mol. The van der Waals surface area contributed by atoms with E-state index in [1.165, 1.54) is 12.1 Å². The molecule has 0 aliphatic carbocycles. The van der Waals surface area contributed by atoms with Gasteiger partial charge in [0.2, 0.25) is 0 Å². The van der Waals surface area contributed by atoms with Crippen LogP contribution >= 0.6 is 0 Å². The standard InChI is InChI=1S/C22H13F4NO/c23-19-11-8-16(9-12-19)21(28)27-20-13-10-18(22(24,25)26)14-17(20)7-6-15-4-2-1-3-5-15/h1-5,8-14H,(H,27,28). The molecule has 6 heteroatoms. The normalized spacial score (nSPS) is 10.7. The van der Waals surface area contributed by atoms with Gasteiger partial charge in [-0.05, 0) is 54.6 Å². The Morgan fingerprint density at radius 2 is 1.54 bits per heavy atom. The van der Waals surface area contributed by atoms with Gasteiger partial charge in [-0.15, -0.1) is 0 Å². The van der Waals surface area contributed by atoms with E-state index in [4.69, 9.17) is 0 Å². The molecule has 28 heavy (non-hydrogen) atoms. The van der Waals surface area contributed by atoms with Crippen LogP contribution in [0, 0.1) is 17.7 Å². The van der Waals surface area contributed by atoms with Crippen LogP contribution in [0.3, 0.4) is 0 Å². The number of rotatable bonds is 2. The molecule has 140 valence electrons. The number of halogens is 4. The predicted molar refractivity (Wildman–Crippen MR) is 98.2 cm³/mol. The van der Waals surface area contributed by atoms with Gasteiger partial charge in [-0.1, -0.05) is 30.0 Å². The summed E-state index contributed by atoms with van der Waals surface area (Å²) >= 11 is 0. The van der Waals surface area contributed by atoms with Crippen LogP contribution in [0.1, 0.15) is 27.0 Å². The van der Waals surface area contributed by atoms with Crippen molar-refractivity contribution in [3.8, 4) is 11.8 Å². The molecule has 1 amide bonds. The van der Waals surface area contributed by atoms with Gasteiger partial charge < -0.3 is 5.32 Å². The van der Waals surface area contributed by atoms with E-state index >= 15 is 0 Å². The van der Waals surface area contributed by atoms with E-state index in [-0.39, 0.29) is 16.8 Å². The van der Waals surface area contributed by atoms with Crippen LogP contribution in [0.5, 0.6) is 0 Å². The van der Waals surface area contributed by atoms with Crippen LogP contribution in [0.2, 0.25) is 0 Å². The second-order valence-corrected chi connectivity index (χ2v) is 5.84. The van der Waals surface area contributed by atoms with Crippen molar-refractivity contribution >= 4 is 11.6 Å². The summed E-state index contributed by atoms with van der Waals surface area (Å²) in [5.41, 5.74) is 0.0727. The van der Waals surface area contributed by atoms with Gasteiger partial charge in [-0.25, -0.2) is 4.39 Å². The number of hydrogen-bond acceptors (Lipinski definition) is 1. The summed E-state index contributed by atoms with van der Waals surface area (Å²) in [4.78, 5) is 12.3. The van der Waals surface area contributed by atoms with E-state index in [0.717, 1.165) is 30.3 Å². The predicted octanol–water partition coefficient (Wildman–Crippen LogP) is 5.50. The Bertz CT molecular complexity index is 1050. The quantitative estimate of drug-likeness (QED) is 0.460. The molecular formula is C22H13F4NO. The molecule has 0 aliphatic rings. The maximum Gasteiger partial charge on any atom is 0.416 e. The van der Waals surface area contributed by atoms with E-state index in [1.807, 2.05) is 0 Å². The molecule has 3 aromatic rings. The van der Waals surface area contributed by atoms with Crippen molar-refractivity contribution in [2.45, 2.75) is 6.18 Å². The van der Waals surface area contributed by atoms with Gasteiger partial charge in [0.05, 0.1) is 11.3 Å². The topological polar surface area (TPSA) is 29.1 Å². The molecule has 0 saturated carbocycles. The van der Waals surface area contributed by atoms with Gasteiger partial charge in [-0.3, -0.25) is 4.79 Å². The van der Waals surface area contributed by atoms with Gasteiger partial charge in [0.25, 0.3) is 5.91 Å². The number of nitrogens with one attached hydrogen (secondary N) is 1. The summed E-state index contributed by atoms with van der Waals surface area (Å²) < 4.78 is 52.2. The number of alkyl halides is 3. The fraction of sp³-hybridized carbons (Fsp3) is 0.0455. The first-order valence-electron chi connectivity index (χ1n) is 8.18. The highest BCUT2D eigenvalue weighted by Crippen LogP contribution is 2.31. The lowest BCUT2D eigenvalue weighted by Crippen LogP contribution is -2.14. The zero-order valence-corrected chi connectivity index (χ0v) is 14.3. The maximum absolute atomic E-state index is 13.1. The average Bonchev–Trinajstić information content (AvgIpc) is 2.67. The minimum atomic E-state index is -4.54. The van der Waals surface area contributed by atoms with E-state index in [1.54, 1.807) is 30.3 Å². The smallest absolute Gasteiger partial charge is 0.321 e. The van der Waals surface area contributed by atoms with Gasteiger partial charge in [-0.2, -0.15) is 13.2 Å². The highest BCUT2D eigenvalue weighted by atomic mass is 19.4. The van der Waals surface area contributed by atoms with Crippen molar-refractivity contribution in [3.05, 3.63) is 101 Å². The van der Waals surface area contributed by atoms with Crippen LogP contribution in [0.25, 0.3) is 0 Å². The lowest BCUT2D eigenvalue weighted by Gasteiger charge is -2.11. The molecule has 0 unspecified atom stereocenters. The second-order valence-electron chi connectivity index (χ2n) is 5.84. The van der Waals surface area contributed by atoms with Crippen LogP contribution in [-0.2, 0) is 6.18 Å². The van der Waals surface area contributed by atoms with Crippen molar-refractivity contribution in [3.63, 3.8) is 0 Å². The Morgan fingerprint density at radius 1 is 0.857 bits per heavy atom. The molecule has 3 rings (SSSR count). The first-order valence-corrected chi connectivity index (χ1v) is 8.18. The van der Waals surface area contributed by atoms with Crippen LogP contribution in [0.4, 0.5) is 23.2 Å². The van der Waals surface area contributed by atoms with Gasteiger partial charge >= 0.3 is 6.18 Å². The van der Waals surface area contributed by atoms with Gasteiger partial charge in [0.15, 0.2) is 0 Å². The summed E-state index contributed by atoms with van der Waals surface area (Å²) in [6, 6.07) is 16.5. The highest BCUT2D eigenvalue weighted by molar-refractivity contribution is 6.04. The monoisotopic (exact) mass is 383 g/mol. The zero-order valence-electron chi connectivity index (χ0n) is 14.3. The second kappa shape index (κ2) is 7.97. The summed E-state index contributed by atoms with van der Waals surface area (Å²) in [5.74, 6) is 4.38. The third-order valence-electron chi connectivity index (χ3n) is 3.82. The lowest BCUT2D eigenvalue weighted by atomic mass is 10.1. The van der Waals surface area contributed by atoms with E-state index in [9.17, 15) is 22.4 Å². The first kappa shape index (κ1) is 19.2. The Labute approximate surface area is 158 Å². The third-order valence-corrected chi connectivity index (χ3v) is 3.82. The Hall–Kier alpha value is -3.59. The largest absolute Gasteiger partial charge is 0.416 e. The number of benzene rings is 3. The molecule has 0 bridgehead atoms. The molecule has 0 fully saturated rings. The molecule has 0 saturated heterocycles. The molecule has 2 nitrogen and oxygen atoms in total. The van der Waals surface area contributed by atoms with Crippen molar-refractivity contribution in [2.75, 3.05) is 5.32 Å². The minimum Gasteiger partial charge on any atom is -0.321 e. The maximum atomic E-state index is 13.1. The van der Waals surface area contributed by atoms with Crippen molar-refractivity contribution in [2.24, 2.45) is 0 Å². The molecule has 1 N–H and O–H groups in total. The number of hydrogen-bond donors (Lipinski definition) is 1. The molecule has 0 aromatic heterocycles. The summed E-state index contributed by atoms with van der Waals surface area (Å²) in [5, 5.41) is 2.53. The fourth-order valence-corrected chi connectivity index (χ4v) is 2.39. The average molecular weight is 383 g/mol. The molecule has 0 radical (unpaired) electrons. The molecule has 0 atom stereocenters. The van der Waals surface area contributed by atoms with E-state index < -0.39 is 23.5 Å². The number of amides is 1. The Kier molecular flexibility index (Phi) is 5.46. The summed E-state index contributed by atoms with van der Waals surface area (Å²) in [7, 11) is 0. The zero-order chi connectivity index (χ0) is 20.1. The molecule has 0 aliphatic heterocycles. The van der Waals surface area contributed by atoms with Crippen molar-refractivity contribution < 1.29 is 22.4 Å². The first-order chi connectivity index (χ1) is 13.3. The van der Waals surface area contributed by atoms with Crippen molar-refractivity contribution in [1.29, 1.82) is 0 Å². The van der Waals surface area contributed by atoms with Crippen LogP contribution in [0.15, 0.2) is 72.8 Å². The van der Waals surface area contributed by atoms with Gasteiger partial charge in [0.1, 0.15) is 5.82 Å². The van der Waals surface area contributed by atoms with E-state index in [2.05, 4.69) is 17.2 Å². The Morgan fingerprint density at radius 3 is 2.18 bits per heavy atom. The molecule has 0 heterocycles. The lowest BCUT2D eigenvalue weighted by molar-refractivity contribution is -0.137. The SMILES string of the molecule is O=C(Nc1ccc(C(F)(F)F)cc1C#Cc1ccccc1)c1ccc(F)cc1. The number of carbonyl (C=O) groups is 1. The van der Waals surface area contributed by atoms with Crippen LogP contribution < -0.4 is 5.32 Å². The van der Waals surface area contributed by atoms with E-state index in [0.29, 0.717) is 5.56 Å². The fourth-order valence-electron chi connectivity index (χ4n) is 2.39.